The third-order valence-corrected chi connectivity index (χ3v) is 5.20. The molecule has 0 aliphatic carbocycles. The topological polar surface area (TPSA) is 87.7 Å². The first-order valence-electron chi connectivity index (χ1n) is 9.69. The highest BCUT2D eigenvalue weighted by molar-refractivity contribution is 6.06. The molecule has 4 rings (SSSR count). The number of halogens is 3. The van der Waals surface area contributed by atoms with Gasteiger partial charge >= 0.3 is 6.18 Å². The number of rotatable bonds is 2. The number of carbonyl (C=O) groups is 2. The molecule has 0 spiro atoms. The Balaban J connectivity index is 1.61. The Morgan fingerprint density at radius 1 is 1.26 bits per heavy atom. The molecule has 6 nitrogen and oxygen atoms in total. The molecule has 9 heteroatoms. The first-order chi connectivity index (χ1) is 14.7. The van der Waals surface area contributed by atoms with E-state index in [-0.39, 0.29) is 18.8 Å². The fourth-order valence-electron chi connectivity index (χ4n) is 3.68. The molecule has 0 fully saturated rings. The lowest BCUT2D eigenvalue weighted by molar-refractivity contribution is -0.137. The molecule has 2 aliphatic heterocycles. The molecule has 3 N–H and O–H groups in total. The van der Waals surface area contributed by atoms with Crippen molar-refractivity contribution in [2.45, 2.75) is 31.5 Å². The zero-order chi connectivity index (χ0) is 22.2. The number of benzene rings is 2. The van der Waals surface area contributed by atoms with Crippen LogP contribution >= 0.6 is 0 Å². The Bertz CT molecular complexity index is 1080. The fraction of sp³-hybridized carbons (Fsp3) is 0.273. The van der Waals surface area contributed by atoms with E-state index in [1.54, 1.807) is 18.2 Å². The van der Waals surface area contributed by atoms with E-state index in [1.165, 1.54) is 12.1 Å². The number of hydrogen-bond donors (Lipinski definition) is 3. The highest BCUT2D eigenvalue weighted by atomic mass is 19.4. The molecule has 0 saturated carbocycles. The maximum absolute atomic E-state index is 13.0. The minimum atomic E-state index is -4.49. The average Bonchev–Trinajstić information content (AvgIpc) is 2.90. The SMILES string of the molecule is O=C(C=C1CCCOc2cc(C(F)(F)F)ccc21)Nc1cccc2c1CC(O)C(=O)N2. The van der Waals surface area contributed by atoms with Crippen molar-refractivity contribution in [2.24, 2.45) is 0 Å². The van der Waals surface area contributed by atoms with Crippen molar-refractivity contribution in [2.75, 3.05) is 17.2 Å². The van der Waals surface area contributed by atoms with E-state index in [0.717, 1.165) is 12.1 Å². The van der Waals surface area contributed by atoms with Gasteiger partial charge in [0.15, 0.2) is 0 Å². The molecule has 2 aromatic carbocycles. The molecule has 31 heavy (non-hydrogen) atoms. The van der Waals surface area contributed by atoms with Gasteiger partial charge in [-0.1, -0.05) is 12.1 Å². The van der Waals surface area contributed by atoms with Crippen LogP contribution in [0.3, 0.4) is 0 Å². The van der Waals surface area contributed by atoms with Crippen molar-refractivity contribution in [3.05, 3.63) is 59.2 Å². The van der Waals surface area contributed by atoms with Crippen LogP contribution in [0.5, 0.6) is 5.75 Å². The molecule has 2 heterocycles. The number of ether oxygens (including phenoxy) is 1. The zero-order valence-corrected chi connectivity index (χ0v) is 16.3. The van der Waals surface area contributed by atoms with Crippen molar-refractivity contribution in [1.29, 1.82) is 0 Å². The van der Waals surface area contributed by atoms with Crippen molar-refractivity contribution in [3.8, 4) is 5.75 Å². The van der Waals surface area contributed by atoms with E-state index in [0.29, 0.717) is 40.9 Å². The predicted octanol–water partition coefficient (Wildman–Crippen LogP) is 3.76. The second kappa shape index (κ2) is 8.07. The van der Waals surface area contributed by atoms with Gasteiger partial charge in [0, 0.05) is 35.0 Å². The van der Waals surface area contributed by atoms with Gasteiger partial charge in [0.05, 0.1) is 12.2 Å². The van der Waals surface area contributed by atoms with Gasteiger partial charge in [-0.05, 0) is 42.7 Å². The smallest absolute Gasteiger partial charge is 0.416 e. The van der Waals surface area contributed by atoms with Crippen molar-refractivity contribution >= 4 is 28.8 Å². The van der Waals surface area contributed by atoms with Gasteiger partial charge < -0.3 is 20.5 Å². The summed E-state index contributed by atoms with van der Waals surface area (Å²) in [6.45, 7) is 0.247. The molecule has 0 saturated heterocycles. The van der Waals surface area contributed by atoms with Crippen molar-refractivity contribution < 1.29 is 32.6 Å². The van der Waals surface area contributed by atoms with E-state index in [2.05, 4.69) is 10.6 Å². The predicted molar refractivity (Wildman–Crippen MR) is 108 cm³/mol. The number of aliphatic hydroxyl groups excluding tert-OH is 1. The van der Waals surface area contributed by atoms with Crippen LogP contribution in [0.25, 0.3) is 5.57 Å². The number of fused-ring (bicyclic) bond motifs is 2. The standard InChI is InChI=1S/C22H19F3N2O4/c23-22(24,25)13-6-7-14-12(3-2-8-31-19(14)10-13)9-20(29)26-16-4-1-5-17-15(16)11-18(28)21(30)27-17/h1,4-7,9-10,18,28H,2-3,8,11H2,(H,26,29)(H,27,30). The zero-order valence-electron chi connectivity index (χ0n) is 16.3. The molecule has 0 aromatic heterocycles. The summed E-state index contributed by atoms with van der Waals surface area (Å²) < 4.78 is 44.5. The highest BCUT2D eigenvalue weighted by Crippen LogP contribution is 2.38. The van der Waals surface area contributed by atoms with Crippen LogP contribution in [0, 0.1) is 0 Å². The Labute approximate surface area is 175 Å². The first kappa shape index (κ1) is 20.9. The van der Waals surface area contributed by atoms with Crippen LogP contribution in [-0.4, -0.2) is 29.6 Å². The monoisotopic (exact) mass is 432 g/mol. The molecule has 2 amide bonds. The lowest BCUT2D eigenvalue weighted by Crippen LogP contribution is -2.34. The number of hydrogen-bond acceptors (Lipinski definition) is 4. The minimum Gasteiger partial charge on any atom is -0.493 e. The lowest BCUT2D eigenvalue weighted by atomic mass is 9.98. The van der Waals surface area contributed by atoms with Gasteiger partial charge in [0.25, 0.3) is 5.91 Å². The normalized spacial score (nSPS) is 19.5. The number of aliphatic hydroxyl groups is 1. The second-order valence-electron chi connectivity index (χ2n) is 7.36. The van der Waals surface area contributed by atoms with E-state index < -0.39 is 29.7 Å². The van der Waals surface area contributed by atoms with Crippen molar-refractivity contribution in [3.63, 3.8) is 0 Å². The number of anilines is 2. The Kier molecular flexibility index (Phi) is 5.45. The van der Waals surface area contributed by atoms with Crippen LogP contribution in [0.1, 0.15) is 29.5 Å². The molecule has 2 aromatic rings. The molecule has 2 aliphatic rings. The van der Waals surface area contributed by atoms with Crippen LogP contribution in [-0.2, 0) is 22.2 Å². The summed E-state index contributed by atoms with van der Waals surface area (Å²) >= 11 is 0. The fourth-order valence-corrected chi connectivity index (χ4v) is 3.68. The quantitative estimate of drug-likeness (QED) is 0.631. The summed E-state index contributed by atoms with van der Waals surface area (Å²) in [6, 6.07) is 8.22. The number of nitrogens with one attached hydrogen (secondary N) is 2. The number of carbonyl (C=O) groups excluding carboxylic acids is 2. The summed E-state index contributed by atoms with van der Waals surface area (Å²) in [4.78, 5) is 24.4. The minimum absolute atomic E-state index is 0.0606. The Morgan fingerprint density at radius 2 is 2.06 bits per heavy atom. The Hall–Kier alpha value is -3.33. The molecular weight excluding hydrogens is 413 g/mol. The van der Waals surface area contributed by atoms with Crippen LogP contribution in [0.2, 0.25) is 0 Å². The summed E-state index contributed by atoms with van der Waals surface area (Å²) in [5, 5.41) is 15.2. The van der Waals surface area contributed by atoms with E-state index in [4.69, 9.17) is 4.74 Å². The maximum atomic E-state index is 13.0. The summed E-state index contributed by atoms with van der Waals surface area (Å²) in [7, 11) is 0. The van der Waals surface area contributed by atoms with Gasteiger partial charge in [-0.25, -0.2) is 0 Å². The van der Waals surface area contributed by atoms with Gasteiger partial charge in [-0.2, -0.15) is 13.2 Å². The summed E-state index contributed by atoms with van der Waals surface area (Å²) in [6.07, 6.45) is -3.28. The van der Waals surface area contributed by atoms with E-state index >= 15 is 0 Å². The molecule has 1 unspecified atom stereocenters. The maximum Gasteiger partial charge on any atom is 0.416 e. The molecule has 162 valence electrons. The highest BCUT2D eigenvalue weighted by Gasteiger charge is 2.32. The van der Waals surface area contributed by atoms with Gasteiger partial charge in [-0.3, -0.25) is 9.59 Å². The third-order valence-electron chi connectivity index (χ3n) is 5.20. The van der Waals surface area contributed by atoms with Gasteiger partial charge in [0.2, 0.25) is 5.91 Å². The molecule has 0 bridgehead atoms. The summed E-state index contributed by atoms with van der Waals surface area (Å²) in [5.74, 6) is -0.886. The first-order valence-corrected chi connectivity index (χ1v) is 9.69. The van der Waals surface area contributed by atoms with Crippen LogP contribution in [0.4, 0.5) is 24.5 Å². The van der Waals surface area contributed by atoms with Gasteiger partial charge in [-0.15, -0.1) is 0 Å². The average molecular weight is 432 g/mol. The number of alkyl halides is 3. The number of allylic oxidation sites excluding steroid dienone is 1. The molecular formula is C22H19F3N2O4. The number of amides is 2. The van der Waals surface area contributed by atoms with Crippen molar-refractivity contribution in [1.82, 2.24) is 0 Å². The van der Waals surface area contributed by atoms with Gasteiger partial charge in [0.1, 0.15) is 11.9 Å². The second-order valence-corrected chi connectivity index (χ2v) is 7.36. The third kappa shape index (κ3) is 4.41. The Morgan fingerprint density at radius 3 is 2.84 bits per heavy atom. The molecule has 0 radical (unpaired) electrons. The largest absolute Gasteiger partial charge is 0.493 e. The summed E-state index contributed by atoms with van der Waals surface area (Å²) in [5.41, 5.74) is 1.74. The van der Waals surface area contributed by atoms with Crippen LogP contribution < -0.4 is 15.4 Å². The van der Waals surface area contributed by atoms with Crippen LogP contribution in [0.15, 0.2) is 42.5 Å². The van der Waals surface area contributed by atoms with E-state index in [9.17, 15) is 27.9 Å². The lowest BCUT2D eigenvalue weighted by Gasteiger charge is -2.23. The molecule has 1 atom stereocenters. The van der Waals surface area contributed by atoms with E-state index in [1.807, 2.05) is 0 Å².